The molecule has 0 bridgehead atoms. The summed E-state index contributed by atoms with van der Waals surface area (Å²) in [6.45, 7) is 4.05. The van der Waals surface area contributed by atoms with Gasteiger partial charge in [0.05, 0.1) is 6.61 Å². The number of benzene rings is 6. The number of hydrogen-bond donors (Lipinski definition) is 0. The molecule has 0 fully saturated rings. The fourth-order valence-corrected chi connectivity index (χ4v) is 7.18. The molecule has 9 rings (SSSR count). The van der Waals surface area contributed by atoms with E-state index in [0.29, 0.717) is 19.8 Å². The minimum atomic E-state index is 0.613. The zero-order valence-corrected chi connectivity index (χ0v) is 27.8. The minimum Gasteiger partial charge on any atom is -0.456 e. The van der Waals surface area contributed by atoms with Crippen LogP contribution in [-0.4, -0.2) is 19.8 Å². The minimum absolute atomic E-state index is 0.613. The molecule has 3 aliphatic rings. The summed E-state index contributed by atoms with van der Waals surface area (Å²) < 4.78 is 18.5. The molecule has 0 N–H and O–H groups in total. The lowest BCUT2D eigenvalue weighted by molar-refractivity contribution is 0.155. The van der Waals surface area contributed by atoms with E-state index in [0.717, 1.165) is 78.9 Å². The zero-order chi connectivity index (χ0) is 33.4. The molecule has 0 aliphatic carbocycles. The van der Waals surface area contributed by atoms with E-state index in [2.05, 4.69) is 114 Å². The van der Waals surface area contributed by atoms with Crippen LogP contribution in [0.4, 0.5) is 11.4 Å². The van der Waals surface area contributed by atoms with Crippen LogP contribution in [0.25, 0.3) is 35.5 Å². The predicted molar refractivity (Wildman–Crippen MR) is 205 cm³/mol. The van der Waals surface area contributed by atoms with Gasteiger partial charge in [-0.15, -0.1) is 0 Å². The first-order valence-electron chi connectivity index (χ1n) is 17.2. The lowest BCUT2D eigenvalue weighted by Gasteiger charge is -2.28. The second kappa shape index (κ2) is 12.7. The molecule has 4 heteroatoms. The van der Waals surface area contributed by atoms with Crippen LogP contribution in [-0.2, 0) is 4.74 Å². The van der Waals surface area contributed by atoms with Crippen LogP contribution in [0.15, 0.2) is 133 Å². The molecule has 4 nitrogen and oxygen atoms in total. The third-order valence-corrected chi connectivity index (χ3v) is 9.57. The standard InChI is InChI=1S/C46H35NO3/c1-2-48-26-25-47-41-29-31(27-39-35-11-3-7-15-43(35)49-44-16-8-4-12-36(39)44)19-21-33(41)23-24-34-22-20-32(30-42(34)47)28-40-37-13-5-9-17-45(37)50-46-18-10-6-14-38(40)46/h3-24,27-30H,2,25-26H2,1H3. The fraction of sp³-hybridized carbons (Fsp3) is 0.0870. The first-order chi connectivity index (χ1) is 24.7. The van der Waals surface area contributed by atoms with Crippen molar-refractivity contribution in [3.63, 3.8) is 0 Å². The third-order valence-electron chi connectivity index (χ3n) is 9.57. The Labute approximate surface area is 292 Å². The van der Waals surface area contributed by atoms with Crippen molar-refractivity contribution in [1.82, 2.24) is 0 Å². The van der Waals surface area contributed by atoms with Crippen molar-refractivity contribution in [3.05, 3.63) is 178 Å². The van der Waals surface area contributed by atoms with Gasteiger partial charge >= 0.3 is 0 Å². The maximum atomic E-state index is 6.28. The summed E-state index contributed by atoms with van der Waals surface area (Å²) >= 11 is 0. The van der Waals surface area contributed by atoms with Crippen LogP contribution in [0.1, 0.15) is 51.4 Å². The molecule has 0 atom stereocenters. The summed E-state index contributed by atoms with van der Waals surface area (Å²) in [4.78, 5) is 2.42. The average Bonchev–Trinajstić information content (AvgIpc) is 3.31. The molecular weight excluding hydrogens is 615 g/mol. The van der Waals surface area contributed by atoms with Crippen molar-refractivity contribution in [3.8, 4) is 23.0 Å². The van der Waals surface area contributed by atoms with Gasteiger partial charge in [0.2, 0.25) is 0 Å². The molecule has 3 heterocycles. The van der Waals surface area contributed by atoms with Crippen LogP contribution in [0.3, 0.4) is 0 Å². The van der Waals surface area contributed by atoms with E-state index in [9.17, 15) is 0 Å². The molecule has 3 aliphatic heterocycles. The van der Waals surface area contributed by atoms with E-state index in [1.165, 1.54) is 11.1 Å². The summed E-state index contributed by atoms with van der Waals surface area (Å²) in [6.07, 6.45) is 9.04. The van der Waals surface area contributed by atoms with Gasteiger partial charge < -0.3 is 19.1 Å². The molecule has 0 unspecified atom stereocenters. The lowest BCUT2D eigenvalue weighted by Crippen LogP contribution is -2.23. The van der Waals surface area contributed by atoms with Crippen molar-refractivity contribution in [2.45, 2.75) is 6.92 Å². The Kier molecular flexibility index (Phi) is 7.64. The van der Waals surface area contributed by atoms with E-state index in [1.54, 1.807) is 0 Å². The van der Waals surface area contributed by atoms with Crippen LogP contribution in [0.2, 0.25) is 0 Å². The second-order valence-electron chi connectivity index (χ2n) is 12.6. The van der Waals surface area contributed by atoms with Gasteiger partial charge in [0.25, 0.3) is 0 Å². The van der Waals surface area contributed by atoms with Crippen LogP contribution in [0, 0.1) is 0 Å². The van der Waals surface area contributed by atoms with Crippen molar-refractivity contribution in [2.75, 3.05) is 24.7 Å². The molecule has 0 amide bonds. The number of ether oxygens (including phenoxy) is 3. The van der Waals surface area contributed by atoms with Gasteiger partial charge in [-0.05, 0) is 88.9 Å². The summed E-state index contributed by atoms with van der Waals surface area (Å²) in [7, 11) is 0. The Morgan fingerprint density at radius 3 is 1.32 bits per heavy atom. The van der Waals surface area contributed by atoms with Crippen LogP contribution >= 0.6 is 0 Å². The summed E-state index contributed by atoms with van der Waals surface area (Å²) in [6, 6.07) is 46.6. The number of hydrogen-bond acceptors (Lipinski definition) is 4. The highest BCUT2D eigenvalue weighted by Crippen LogP contribution is 2.46. The van der Waals surface area contributed by atoms with Crippen molar-refractivity contribution in [1.29, 1.82) is 0 Å². The Bertz CT molecular complexity index is 2110. The molecule has 0 radical (unpaired) electrons. The summed E-state index contributed by atoms with van der Waals surface area (Å²) in [5, 5.41) is 0. The van der Waals surface area contributed by atoms with Gasteiger partial charge in [0.15, 0.2) is 0 Å². The van der Waals surface area contributed by atoms with Gasteiger partial charge in [-0.25, -0.2) is 0 Å². The topological polar surface area (TPSA) is 30.9 Å². The summed E-state index contributed by atoms with van der Waals surface area (Å²) in [5.74, 6) is 3.50. The summed E-state index contributed by atoms with van der Waals surface area (Å²) in [5.41, 5.74) is 13.5. The first-order valence-corrected chi connectivity index (χ1v) is 17.2. The monoisotopic (exact) mass is 649 g/mol. The van der Waals surface area contributed by atoms with Gasteiger partial charge in [-0.3, -0.25) is 0 Å². The molecule has 0 saturated heterocycles. The first kappa shape index (κ1) is 30.0. The van der Waals surface area contributed by atoms with E-state index < -0.39 is 0 Å². The largest absolute Gasteiger partial charge is 0.456 e. The maximum absolute atomic E-state index is 6.28. The smallest absolute Gasteiger partial charge is 0.135 e. The van der Waals surface area contributed by atoms with Gasteiger partial charge in [0.1, 0.15) is 23.0 Å². The average molecular weight is 650 g/mol. The van der Waals surface area contributed by atoms with Crippen LogP contribution in [0.5, 0.6) is 23.0 Å². The maximum Gasteiger partial charge on any atom is 0.135 e. The van der Waals surface area contributed by atoms with Gasteiger partial charge in [-0.2, -0.15) is 0 Å². The van der Waals surface area contributed by atoms with Crippen molar-refractivity contribution >= 4 is 46.8 Å². The number of para-hydroxylation sites is 4. The number of rotatable bonds is 6. The van der Waals surface area contributed by atoms with Gasteiger partial charge in [0, 0.05) is 46.8 Å². The van der Waals surface area contributed by atoms with Crippen molar-refractivity contribution < 1.29 is 14.2 Å². The number of anilines is 2. The van der Waals surface area contributed by atoms with E-state index in [1.807, 2.05) is 55.5 Å². The van der Waals surface area contributed by atoms with Crippen molar-refractivity contribution in [2.24, 2.45) is 0 Å². The predicted octanol–water partition coefficient (Wildman–Crippen LogP) is 11.7. The highest BCUT2D eigenvalue weighted by Gasteiger charge is 2.24. The zero-order valence-electron chi connectivity index (χ0n) is 27.8. The normalized spacial score (nSPS) is 13.3. The lowest BCUT2D eigenvalue weighted by atomic mass is 9.92. The molecule has 0 saturated carbocycles. The Hall–Kier alpha value is -6.10. The molecular formula is C46H35NO3. The number of fused-ring (bicyclic) bond motifs is 6. The van der Waals surface area contributed by atoms with E-state index >= 15 is 0 Å². The highest BCUT2D eigenvalue weighted by molar-refractivity contribution is 5.99. The highest BCUT2D eigenvalue weighted by atomic mass is 16.5. The van der Waals surface area contributed by atoms with E-state index in [-0.39, 0.29) is 0 Å². The Morgan fingerprint density at radius 2 is 0.920 bits per heavy atom. The quantitative estimate of drug-likeness (QED) is 0.168. The number of nitrogens with zero attached hydrogens (tertiary/aromatic N) is 1. The molecule has 0 aromatic heterocycles. The third kappa shape index (κ3) is 5.40. The second-order valence-corrected chi connectivity index (χ2v) is 12.6. The Balaban J connectivity index is 1.16. The van der Waals surface area contributed by atoms with Gasteiger partial charge in [-0.1, -0.05) is 109 Å². The molecule has 0 spiro atoms. The molecule has 242 valence electrons. The molecule has 6 aromatic carbocycles. The SMILES string of the molecule is CCOCCN1c2cc(C=C3c4ccccc4Oc4ccccc43)ccc2C=Cc2ccc(C=C3c4ccccc4Oc4ccccc43)cc21. The molecule has 50 heavy (non-hydrogen) atoms. The van der Waals surface area contributed by atoms with E-state index in [4.69, 9.17) is 14.2 Å². The molecule has 6 aromatic rings. The fourth-order valence-electron chi connectivity index (χ4n) is 7.18. The van der Waals surface area contributed by atoms with Crippen LogP contribution < -0.4 is 14.4 Å². The Morgan fingerprint density at radius 1 is 0.520 bits per heavy atom.